The first kappa shape index (κ1) is 57.4. The summed E-state index contributed by atoms with van der Waals surface area (Å²) < 4.78 is 42.7. The standard InChI is InChI=1S/C48H108O4P4/c1-13-25-37-54(38-26-14-2,39-27-15-3,40-28-16-4)50-53(49,51-55(41-29-17-5,42-30-18-6,43-31-19-7)44-32-20-8)52-56(45-33-21-9,46-34-22-10,47-35-23-11)48-36-24-12/h13-48H2,1-12H3. The van der Waals surface area contributed by atoms with Crippen molar-refractivity contribution in [2.24, 2.45) is 0 Å². The van der Waals surface area contributed by atoms with E-state index in [2.05, 4.69) is 83.1 Å². The summed E-state index contributed by atoms with van der Waals surface area (Å²) in [5.41, 5.74) is 0. The molecule has 0 amide bonds. The number of unbranched alkanes of at least 4 members (excludes halogenated alkanes) is 12. The van der Waals surface area contributed by atoms with Gasteiger partial charge >= 0.3 is 357 Å². The van der Waals surface area contributed by atoms with Gasteiger partial charge in [0.25, 0.3) is 0 Å². The molecule has 0 aromatic carbocycles. The number of phosphoric acid groups is 1. The molecule has 0 heterocycles. The summed E-state index contributed by atoms with van der Waals surface area (Å²) >= 11 is 0. The summed E-state index contributed by atoms with van der Waals surface area (Å²) in [5.74, 6) is 0. The second-order valence-electron chi connectivity index (χ2n) is 19.2. The van der Waals surface area contributed by atoms with Crippen molar-refractivity contribution < 1.29 is 17.5 Å². The second-order valence-corrected chi connectivity index (χ2v) is 38.6. The van der Waals surface area contributed by atoms with Gasteiger partial charge < -0.3 is 0 Å². The Labute approximate surface area is 355 Å². The van der Waals surface area contributed by atoms with Crippen LogP contribution >= 0.6 is 28.3 Å². The number of hydrogen-bond donors (Lipinski definition) is 0. The van der Waals surface area contributed by atoms with E-state index < -0.39 is 28.3 Å². The third-order valence-corrected chi connectivity index (χ3v) is 39.2. The average Bonchev–Trinajstić information content (AvgIpc) is 3.21. The van der Waals surface area contributed by atoms with Gasteiger partial charge in [0.05, 0.1) is 0 Å². The van der Waals surface area contributed by atoms with Crippen molar-refractivity contribution in [1.82, 2.24) is 0 Å². The molecule has 0 aliphatic heterocycles. The Hall–Kier alpha value is 1.40. The fourth-order valence-corrected chi connectivity index (χ4v) is 39.4. The Morgan fingerprint density at radius 2 is 0.357 bits per heavy atom. The first-order valence-electron chi connectivity index (χ1n) is 25.6. The summed E-state index contributed by atoms with van der Waals surface area (Å²) in [4.78, 5) is 0. The van der Waals surface area contributed by atoms with Crippen molar-refractivity contribution in [1.29, 1.82) is 0 Å². The Kier molecular flexibility index (Phi) is 30.4. The predicted molar refractivity (Wildman–Crippen MR) is 269 cm³/mol. The molecule has 0 fully saturated rings. The Morgan fingerprint density at radius 1 is 0.250 bits per heavy atom. The molecule has 0 aromatic heterocycles. The van der Waals surface area contributed by atoms with E-state index in [9.17, 15) is 0 Å². The van der Waals surface area contributed by atoms with Crippen molar-refractivity contribution in [2.75, 3.05) is 73.9 Å². The van der Waals surface area contributed by atoms with Crippen LogP contribution < -0.4 is 0 Å². The zero-order valence-corrected chi connectivity index (χ0v) is 44.5. The average molecular weight is 873 g/mol. The molecule has 0 bridgehead atoms. The molecule has 0 aliphatic rings. The zero-order valence-electron chi connectivity index (χ0n) is 40.9. The minimum atomic E-state index is -4.09. The molecule has 0 unspecified atom stereocenters. The maximum atomic E-state index is 17.7. The van der Waals surface area contributed by atoms with Gasteiger partial charge in [0, 0.05) is 0 Å². The minimum absolute atomic E-state index is 1.09. The predicted octanol–water partition coefficient (Wildman–Crippen LogP) is 19.2. The van der Waals surface area contributed by atoms with Gasteiger partial charge in [0.1, 0.15) is 0 Å². The van der Waals surface area contributed by atoms with E-state index in [-0.39, 0.29) is 0 Å². The molecule has 0 saturated carbocycles. The summed E-state index contributed by atoms with van der Waals surface area (Å²) in [7, 11) is -4.09. The van der Waals surface area contributed by atoms with Crippen LogP contribution in [0.5, 0.6) is 0 Å². The molecular formula is C48H108O4P4. The van der Waals surface area contributed by atoms with E-state index in [1.165, 1.54) is 0 Å². The van der Waals surface area contributed by atoms with E-state index in [1.807, 2.05) is 0 Å². The van der Waals surface area contributed by atoms with Crippen LogP contribution in [0.1, 0.15) is 237 Å². The first-order valence-corrected chi connectivity index (χ1v) is 35.7. The van der Waals surface area contributed by atoms with E-state index >= 15 is 4.57 Å². The molecule has 0 radical (unpaired) electrons. The fourth-order valence-electron chi connectivity index (χ4n) is 10.1. The van der Waals surface area contributed by atoms with Gasteiger partial charge in [0.2, 0.25) is 0 Å². The van der Waals surface area contributed by atoms with E-state index in [0.29, 0.717) is 0 Å². The molecule has 0 atom stereocenters. The molecule has 0 aromatic rings. The second kappa shape index (κ2) is 29.7. The molecule has 0 N–H and O–H groups in total. The SMILES string of the molecule is CCCCP(CCCC)(CCCC)(CCCC)OP(=O)(OP(CCCC)(CCCC)(CCCC)CCCC)OP(CCCC)(CCCC)(CCCC)CCCC. The molecular weight excluding hydrogens is 764 g/mol. The normalized spacial score (nSPS) is 16.1. The van der Waals surface area contributed by atoms with Crippen LogP contribution in [0.4, 0.5) is 0 Å². The van der Waals surface area contributed by atoms with Crippen LogP contribution in [0, 0.1) is 0 Å². The first-order chi connectivity index (χ1) is 26.8. The van der Waals surface area contributed by atoms with Gasteiger partial charge in [-0.05, 0) is 0 Å². The van der Waals surface area contributed by atoms with Crippen molar-refractivity contribution in [2.45, 2.75) is 237 Å². The maximum absolute atomic E-state index is 17.7. The Balaban J connectivity index is 8.97. The fraction of sp³-hybridized carbons (Fsp3) is 1.00. The molecule has 0 spiro atoms. The van der Waals surface area contributed by atoms with Crippen molar-refractivity contribution in [3.63, 3.8) is 0 Å². The van der Waals surface area contributed by atoms with E-state index in [1.54, 1.807) is 0 Å². The number of rotatable bonds is 42. The van der Waals surface area contributed by atoms with E-state index in [4.69, 9.17) is 12.9 Å². The van der Waals surface area contributed by atoms with Gasteiger partial charge in [0.15, 0.2) is 0 Å². The summed E-state index contributed by atoms with van der Waals surface area (Å²) in [6.07, 6.45) is 40.7. The molecule has 0 saturated heterocycles. The van der Waals surface area contributed by atoms with Crippen LogP contribution in [0.2, 0.25) is 0 Å². The van der Waals surface area contributed by atoms with Crippen LogP contribution in [-0.4, -0.2) is 73.9 Å². The van der Waals surface area contributed by atoms with Crippen LogP contribution in [0.3, 0.4) is 0 Å². The topological polar surface area (TPSA) is 44.8 Å². The van der Waals surface area contributed by atoms with Gasteiger partial charge in [-0.2, -0.15) is 0 Å². The van der Waals surface area contributed by atoms with Gasteiger partial charge in [-0.3, -0.25) is 0 Å². The van der Waals surface area contributed by atoms with Gasteiger partial charge in [-0.1, -0.05) is 0 Å². The molecule has 4 nitrogen and oxygen atoms in total. The number of hydrogen-bond acceptors (Lipinski definition) is 4. The van der Waals surface area contributed by atoms with Crippen molar-refractivity contribution in [3.8, 4) is 0 Å². The van der Waals surface area contributed by atoms with Gasteiger partial charge in [-0.25, -0.2) is 0 Å². The van der Waals surface area contributed by atoms with Crippen LogP contribution in [0.25, 0.3) is 0 Å². The summed E-state index contributed by atoms with van der Waals surface area (Å²) in [5, 5.41) is 0. The Morgan fingerprint density at radius 3 is 0.446 bits per heavy atom. The summed E-state index contributed by atoms with van der Waals surface area (Å²) in [6.45, 7) is 19.0. The van der Waals surface area contributed by atoms with E-state index in [0.717, 1.165) is 228 Å². The van der Waals surface area contributed by atoms with Crippen molar-refractivity contribution in [3.05, 3.63) is 0 Å². The third-order valence-electron chi connectivity index (χ3n) is 13.9. The molecule has 344 valence electrons. The van der Waals surface area contributed by atoms with Gasteiger partial charge in [-0.15, -0.1) is 0 Å². The molecule has 8 heteroatoms. The van der Waals surface area contributed by atoms with Crippen LogP contribution in [-0.2, 0) is 17.5 Å². The molecule has 0 aliphatic carbocycles. The summed E-state index contributed by atoms with van der Waals surface area (Å²) in [6, 6.07) is 0. The Bertz CT molecular complexity index is 765. The quantitative estimate of drug-likeness (QED) is 0.0573. The zero-order chi connectivity index (χ0) is 42.4. The third kappa shape index (κ3) is 18.4. The monoisotopic (exact) mass is 873 g/mol. The molecule has 0 rings (SSSR count). The van der Waals surface area contributed by atoms with Crippen molar-refractivity contribution >= 4 is 28.3 Å². The molecule has 56 heavy (non-hydrogen) atoms. The van der Waals surface area contributed by atoms with Crippen LogP contribution in [0.15, 0.2) is 0 Å².